The van der Waals surface area contributed by atoms with Crippen molar-refractivity contribution < 1.29 is 0 Å². The smallest absolute Gasteiger partial charge is 0.0578 e. The maximum atomic E-state index is 2.49. The molecule has 520 valence electrons. The van der Waals surface area contributed by atoms with Crippen LogP contribution in [-0.4, -0.2) is 9.13 Å². The van der Waals surface area contributed by atoms with E-state index in [-0.39, 0.29) is 32.5 Å². The van der Waals surface area contributed by atoms with Gasteiger partial charge in [0.2, 0.25) is 0 Å². The summed E-state index contributed by atoms with van der Waals surface area (Å²) in [6.45, 7) is 48.6. The summed E-state index contributed by atoms with van der Waals surface area (Å²) in [6.07, 6.45) is 9.41. The lowest BCUT2D eigenvalue weighted by Gasteiger charge is -2.62. The number of hydrogen-bond donors (Lipinski definition) is 0. The largest absolute Gasteiger partial charge is 0.309 e. The molecule has 2 aromatic heterocycles. The van der Waals surface area contributed by atoms with E-state index in [2.05, 4.69) is 397 Å². The van der Waals surface area contributed by atoms with Gasteiger partial charge in [-0.05, 0) is 204 Å². The highest BCUT2D eigenvalue weighted by Crippen LogP contribution is 2.66. The van der Waals surface area contributed by atoms with Crippen LogP contribution in [0.2, 0.25) is 0 Å². The first-order valence-electron chi connectivity index (χ1n) is 37.6. The maximum absolute atomic E-state index is 2.49. The van der Waals surface area contributed by atoms with Crippen LogP contribution in [0.1, 0.15) is 217 Å². The first-order chi connectivity index (χ1) is 47.0. The van der Waals surface area contributed by atoms with Crippen LogP contribution in [0.5, 0.6) is 0 Å². The summed E-state index contributed by atoms with van der Waals surface area (Å²) in [5.74, 6) is 3.33. The molecule has 0 atom stereocenters. The van der Waals surface area contributed by atoms with Gasteiger partial charge < -0.3 is 9.13 Å². The van der Waals surface area contributed by atoms with Crippen LogP contribution in [0.25, 0.3) is 77.2 Å². The second-order valence-corrected chi connectivity index (χ2v) is 37.0. The van der Waals surface area contributed by atoms with Gasteiger partial charge in [0.25, 0.3) is 0 Å². The molecule has 2 nitrogen and oxygen atoms in total. The van der Waals surface area contributed by atoms with E-state index >= 15 is 0 Å². The van der Waals surface area contributed by atoms with Gasteiger partial charge in [0, 0.05) is 32.9 Å². The molecule has 100 heavy (non-hydrogen) atoms. The lowest BCUT2D eigenvalue weighted by atomic mass is 9.43. The zero-order chi connectivity index (χ0) is 72.0. The Balaban J connectivity index is 0.000000127. The van der Waals surface area contributed by atoms with Crippen molar-refractivity contribution in [2.24, 2.45) is 28.6 Å². The Bertz CT molecular complexity index is 4550. The van der Waals surface area contributed by atoms with Crippen LogP contribution in [0.3, 0.4) is 0 Å². The van der Waals surface area contributed by atoms with Crippen molar-refractivity contribution in [2.45, 2.75) is 216 Å². The van der Waals surface area contributed by atoms with E-state index in [4.69, 9.17) is 0 Å². The zero-order valence-electron chi connectivity index (χ0n) is 65.0. The number of hydrogen-bond acceptors (Lipinski definition) is 0. The molecular formula is C98H118N2. The first kappa shape index (κ1) is 73.0. The van der Waals surface area contributed by atoms with Gasteiger partial charge in [-0.25, -0.2) is 0 Å². The number of para-hydroxylation sites is 5. The number of nitrogens with zero attached hydrogens (tertiary/aromatic N) is 2. The summed E-state index contributed by atoms with van der Waals surface area (Å²) >= 11 is 0. The van der Waals surface area contributed by atoms with Gasteiger partial charge in [0.15, 0.2) is 0 Å². The van der Waals surface area contributed by atoms with Crippen LogP contribution in [-0.2, 0) is 32.5 Å². The van der Waals surface area contributed by atoms with Crippen LogP contribution < -0.4 is 0 Å². The quantitative estimate of drug-likeness (QED) is 0.166. The predicted octanol–water partition coefficient (Wildman–Crippen LogP) is 28.3. The van der Waals surface area contributed by atoms with Gasteiger partial charge in [-0.15, -0.1) is 0 Å². The highest BCUT2D eigenvalue weighted by atomic mass is 15.0. The second-order valence-electron chi connectivity index (χ2n) is 37.0. The molecule has 0 aliphatic heterocycles. The molecule has 0 saturated heterocycles. The maximum Gasteiger partial charge on any atom is 0.0578 e. The van der Waals surface area contributed by atoms with E-state index in [1.165, 1.54) is 111 Å². The van der Waals surface area contributed by atoms with E-state index in [1.807, 2.05) is 0 Å². The molecule has 0 unspecified atom stereocenters. The van der Waals surface area contributed by atoms with Crippen molar-refractivity contribution in [3.8, 4) is 33.6 Å². The molecule has 4 saturated carbocycles. The Labute approximate surface area is 603 Å². The van der Waals surface area contributed by atoms with Gasteiger partial charge in [0.1, 0.15) is 0 Å². The van der Waals surface area contributed by atoms with E-state index in [1.54, 1.807) is 38.5 Å². The Kier molecular flexibility index (Phi) is 20.7. The van der Waals surface area contributed by atoms with E-state index in [0.717, 1.165) is 23.2 Å². The molecule has 4 fully saturated rings. The Hall–Kier alpha value is -8.20. The van der Waals surface area contributed by atoms with Crippen LogP contribution in [0, 0.1) is 28.6 Å². The molecular weight excluding hydrogens is 1210 g/mol. The fourth-order valence-electron chi connectivity index (χ4n) is 16.8. The molecule has 0 N–H and O–H groups in total. The van der Waals surface area contributed by atoms with Crippen molar-refractivity contribution in [1.29, 1.82) is 0 Å². The van der Waals surface area contributed by atoms with Crippen molar-refractivity contribution in [1.82, 2.24) is 9.13 Å². The first-order valence-corrected chi connectivity index (χ1v) is 37.6. The lowest BCUT2D eigenvalue weighted by Crippen LogP contribution is -2.51. The lowest BCUT2D eigenvalue weighted by molar-refractivity contribution is -0.113. The van der Waals surface area contributed by atoms with E-state index < -0.39 is 0 Å². The number of benzene rings is 10. The predicted molar refractivity (Wildman–Crippen MR) is 438 cm³/mol. The standard InChI is InChI=1S/2C22H21N.C22H22.C18H30.C14H24/c1-22(2,3)19-14-9-13-18-17-12-7-8-15-20(17)23(21(18)19)16-10-5-4-6-11-16;1-22(2,3)16-13-14-21-19(15-16)18-11-7-8-12-20(18)23(21)17-9-5-4-6-10-17;1-22(2,3)21-19(17-11-6-4-7-12-17)15-10-16-20(21)18-13-8-5-9-14-18;1-16(2,3)13-10-14(17(4,5)6)12-15(11-13)18(7,8)9;1-13(2,3)14-7-10-4-11(8-14)6-12(5-10)9-14/h2*4-15H,1-3H3;4-16H,1-3H3;10-12H,1-9H3;10-12H,4-9H2,1-3H3. The molecule has 4 aliphatic rings. The Morgan fingerprint density at radius 2 is 0.630 bits per heavy atom. The van der Waals surface area contributed by atoms with Crippen LogP contribution in [0.15, 0.2) is 243 Å². The van der Waals surface area contributed by atoms with Crippen molar-refractivity contribution in [3.63, 3.8) is 0 Å². The summed E-state index contributed by atoms with van der Waals surface area (Å²) in [7, 11) is 0. The third-order valence-electron chi connectivity index (χ3n) is 22.2. The zero-order valence-corrected chi connectivity index (χ0v) is 65.0. The normalized spacial score (nSPS) is 17.8. The molecule has 4 aliphatic carbocycles. The molecule has 2 heteroatoms. The van der Waals surface area contributed by atoms with Crippen LogP contribution >= 0.6 is 0 Å². The van der Waals surface area contributed by atoms with Gasteiger partial charge in [-0.3, -0.25) is 0 Å². The minimum Gasteiger partial charge on any atom is -0.309 e. The van der Waals surface area contributed by atoms with E-state index in [0.29, 0.717) is 5.41 Å². The van der Waals surface area contributed by atoms with Crippen molar-refractivity contribution in [2.75, 3.05) is 0 Å². The molecule has 12 aromatic rings. The topological polar surface area (TPSA) is 9.86 Å². The molecule has 10 aromatic carbocycles. The summed E-state index contributed by atoms with van der Waals surface area (Å²) in [5, 5.41) is 5.30. The minimum atomic E-state index is 0.0810. The van der Waals surface area contributed by atoms with Gasteiger partial charge in [0.05, 0.1) is 22.1 Å². The Morgan fingerprint density at radius 1 is 0.280 bits per heavy atom. The third-order valence-corrected chi connectivity index (χ3v) is 22.2. The molecule has 0 amide bonds. The van der Waals surface area contributed by atoms with Crippen LogP contribution in [0.4, 0.5) is 0 Å². The molecule has 4 bridgehead atoms. The fraction of sp³-hybridized carbons (Fsp3) is 0.388. The van der Waals surface area contributed by atoms with Gasteiger partial charge >= 0.3 is 0 Å². The molecule has 0 spiro atoms. The number of rotatable bonds is 4. The Morgan fingerprint density at radius 3 is 1.03 bits per heavy atom. The fourth-order valence-corrected chi connectivity index (χ4v) is 16.8. The SMILES string of the molecule is CC(C)(C)C12CC3CC(CC(C3)C1)C2.CC(C)(C)c1c(-c2ccccc2)cccc1-c1ccccc1.CC(C)(C)c1cc(C(C)(C)C)cc(C(C)(C)C)c1.CC(C)(C)c1ccc2c(c1)c1ccccc1n2-c1ccccc1.CC(C)(C)c1cccc2c3ccccc3n(-c3ccccc3)c12. The van der Waals surface area contributed by atoms with Gasteiger partial charge in [-0.1, -0.05) is 340 Å². The third kappa shape index (κ3) is 15.9. The monoisotopic (exact) mass is 1320 g/mol. The van der Waals surface area contributed by atoms with E-state index in [9.17, 15) is 0 Å². The highest BCUT2D eigenvalue weighted by Gasteiger charge is 2.55. The minimum absolute atomic E-state index is 0.0810. The summed E-state index contributed by atoms with van der Waals surface area (Å²) < 4.78 is 4.77. The second kappa shape index (κ2) is 28.3. The molecule has 2 heterocycles. The molecule has 0 radical (unpaired) electrons. The number of fused-ring (bicyclic) bond motifs is 6. The van der Waals surface area contributed by atoms with Gasteiger partial charge in [-0.2, -0.15) is 0 Å². The van der Waals surface area contributed by atoms with Crippen molar-refractivity contribution >= 4 is 43.6 Å². The number of aromatic nitrogens is 2. The average Bonchev–Trinajstić information content (AvgIpc) is 1.01. The summed E-state index contributed by atoms with van der Waals surface area (Å²) in [5.41, 5.74) is 23.5. The average molecular weight is 1320 g/mol. The summed E-state index contributed by atoms with van der Waals surface area (Å²) in [4.78, 5) is 0. The van der Waals surface area contributed by atoms with Crippen molar-refractivity contribution in [3.05, 3.63) is 276 Å². The summed E-state index contributed by atoms with van der Waals surface area (Å²) in [6, 6.07) is 87.3. The molecule has 16 rings (SSSR count). The highest BCUT2D eigenvalue weighted by molar-refractivity contribution is 6.11.